The van der Waals surface area contributed by atoms with Gasteiger partial charge in [-0.1, -0.05) is 23.4 Å². The minimum Gasteiger partial charge on any atom is -0.496 e. The molecule has 0 radical (unpaired) electrons. The van der Waals surface area contributed by atoms with Gasteiger partial charge in [0.1, 0.15) is 5.75 Å². The molecule has 0 saturated heterocycles. The fraction of sp³-hybridized carbons (Fsp3) is 0.158. The van der Waals surface area contributed by atoms with E-state index in [0.717, 1.165) is 12.1 Å². The van der Waals surface area contributed by atoms with Crippen molar-refractivity contribution in [3.8, 4) is 17.1 Å². The van der Waals surface area contributed by atoms with Gasteiger partial charge in [0.05, 0.1) is 18.7 Å². The number of nitrogens with one attached hydrogen (secondary N) is 1. The molecule has 0 saturated carbocycles. The van der Waals surface area contributed by atoms with Crippen LogP contribution in [0.3, 0.4) is 0 Å². The number of carbonyl (C=O) groups is 1. The van der Waals surface area contributed by atoms with Crippen LogP contribution in [0.25, 0.3) is 11.3 Å². The van der Waals surface area contributed by atoms with Crippen LogP contribution in [-0.4, -0.2) is 18.2 Å². The minimum atomic E-state index is -0.969. The zero-order chi connectivity index (χ0) is 18.7. The lowest BCUT2D eigenvalue weighted by atomic mass is 10.1. The molecule has 0 aliphatic carbocycles. The Labute approximate surface area is 148 Å². The van der Waals surface area contributed by atoms with Gasteiger partial charge in [-0.05, 0) is 36.8 Å². The fourth-order valence-corrected chi connectivity index (χ4v) is 2.49. The average Bonchev–Trinajstić information content (AvgIpc) is 3.14. The van der Waals surface area contributed by atoms with Crippen LogP contribution >= 0.6 is 0 Å². The quantitative estimate of drug-likeness (QED) is 0.745. The Morgan fingerprint density at radius 1 is 1.15 bits per heavy atom. The van der Waals surface area contributed by atoms with E-state index in [4.69, 9.17) is 9.26 Å². The summed E-state index contributed by atoms with van der Waals surface area (Å²) in [4.78, 5) is 12.3. The second-order valence-electron chi connectivity index (χ2n) is 5.65. The van der Waals surface area contributed by atoms with E-state index < -0.39 is 23.6 Å². The summed E-state index contributed by atoms with van der Waals surface area (Å²) in [5, 5.41) is 6.44. The molecule has 1 aromatic heterocycles. The first kappa shape index (κ1) is 17.6. The summed E-state index contributed by atoms with van der Waals surface area (Å²) in [7, 11) is 1.53. The monoisotopic (exact) mass is 358 g/mol. The SMILES string of the molecule is COc1ccccc1-c1cc(C(=O)N[C@@H](C)c2ccc(F)c(F)c2)no1. The molecule has 7 heteroatoms. The zero-order valence-corrected chi connectivity index (χ0v) is 14.1. The predicted octanol–water partition coefficient (Wildman–Crippen LogP) is 4.12. The zero-order valence-electron chi connectivity index (χ0n) is 14.1. The van der Waals surface area contributed by atoms with Gasteiger partial charge in [0.2, 0.25) is 0 Å². The van der Waals surface area contributed by atoms with Crippen LogP contribution in [-0.2, 0) is 0 Å². The third-order valence-electron chi connectivity index (χ3n) is 3.91. The average molecular weight is 358 g/mol. The van der Waals surface area contributed by atoms with Crippen LogP contribution < -0.4 is 10.1 Å². The normalized spacial score (nSPS) is 11.8. The molecule has 1 amide bonds. The molecule has 134 valence electrons. The molecule has 0 fully saturated rings. The number of carbonyl (C=O) groups excluding carboxylic acids is 1. The van der Waals surface area contributed by atoms with E-state index in [-0.39, 0.29) is 5.69 Å². The second kappa shape index (κ2) is 7.35. The number of nitrogens with zero attached hydrogens (tertiary/aromatic N) is 1. The molecule has 0 bridgehead atoms. The Morgan fingerprint density at radius 3 is 2.65 bits per heavy atom. The van der Waals surface area contributed by atoms with Crippen molar-refractivity contribution in [2.45, 2.75) is 13.0 Å². The van der Waals surface area contributed by atoms with Crippen LogP contribution in [0.5, 0.6) is 5.75 Å². The number of halogens is 2. The van der Waals surface area contributed by atoms with Crippen LogP contribution in [0.2, 0.25) is 0 Å². The maximum absolute atomic E-state index is 13.3. The van der Waals surface area contributed by atoms with E-state index in [0.29, 0.717) is 22.6 Å². The molecule has 0 aliphatic rings. The molecule has 5 nitrogen and oxygen atoms in total. The summed E-state index contributed by atoms with van der Waals surface area (Å²) in [5.41, 5.74) is 1.17. The molecule has 0 unspecified atom stereocenters. The van der Waals surface area contributed by atoms with Gasteiger partial charge in [-0.3, -0.25) is 4.79 Å². The minimum absolute atomic E-state index is 0.0698. The van der Waals surface area contributed by atoms with Gasteiger partial charge in [0, 0.05) is 6.07 Å². The van der Waals surface area contributed by atoms with Gasteiger partial charge in [-0.15, -0.1) is 0 Å². The number of hydrogen-bond acceptors (Lipinski definition) is 4. The summed E-state index contributed by atoms with van der Waals surface area (Å²) in [6.45, 7) is 1.66. The number of benzene rings is 2. The van der Waals surface area contributed by atoms with Crippen molar-refractivity contribution in [3.05, 3.63) is 71.4 Å². The number of rotatable bonds is 5. The van der Waals surface area contributed by atoms with Crippen molar-refractivity contribution in [1.29, 1.82) is 0 Å². The molecule has 3 aromatic rings. The van der Waals surface area contributed by atoms with E-state index in [1.807, 2.05) is 12.1 Å². The molecule has 0 spiro atoms. The van der Waals surface area contributed by atoms with Crippen molar-refractivity contribution in [2.24, 2.45) is 0 Å². The van der Waals surface area contributed by atoms with E-state index >= 15 is 0 Å². The molecule has 1 atom stereocenters. The molecular formula is C19H16F2N2O3. The number of para-hydroxylation sites is 1. The van der Waals surface area contributed by atoms with Gasteiger partial charge in [0.15, 0.2) is 23.1 Å². The highest BCUT2D eigenvalue weighted by atomic mass is 19.2. The smallest absolute Gasteiger partial charge is 0.273 e. The van der Waals surface area contributed by atoms with E-state index in [9.17, 15) is 13.6 Å². The lowest BCUT2D eigenvalue weighted by Crippen LogP contribution is -2.27. The number of hydrogen-bond donors (Lipinski definition) is 1. The van der Waals surface area contributed by atoms with Gasteiger partial charge in [-0.2, -0.15) is 0 Å². The summed E-state index contributed by atoms with van der Waals surface area (Å²) < 4.78 is 36.9. The van der Waals surface area contributed by atoms with E-state index in [1.165, 1.54) is 19.2 Å². The number of aromatic nitrogens is 1. The molecule has 0 aliphatic heterocycles. The molecular weight excluding hydrogens is 342 g/mol. The Kier molecular flexibility index (Phi) is 4.97. The third kappa shape index (κ3) is 3.56. The van der Waals surface area contributed by atoms with Crippen LogP contribution in [0.4, 0.5) is 8.78 Å². The summed E-state index contributed by atoms with van der Waals surface area (Å²) in [6, 6.07) is 11.6. The number of amides is 1. The Hall–Kier alpha value is -3.22. The molecule has 26 heavy (non-hydrogen) atoms. The Bertz CT molecular complexity index is 940. The first-order chi connectivity index (χ1) is 12.5. The maximum atomic E-state index is 13.3. The second-order valence-corrected chi connectivity index (χ2v) is 5.65. The maximum Gasteiger partial charge on any atom is 0.273 e. The van der Waals surface area contributed by atoms with Gasteiger partial charge in [-0.25, -0.2) is 8.78 Å². The summed E-state index contributed by atoms with van der Waals surface area (Å²) >= 11 is 0. The summed E-state index contributed by atoms with van der Waals surface area (Å²) in [6.07, 6.45) is 0. The van der Waals surface area contributed by atoms with E-state index in [1.54, 1.807) is 19.1 Å². The Morgan fingerprint density at radius 2 is 1.92 bits per heavy atom. The van der Waals surface area contributed by atoms with E-state index in [2.05, 4.69) is 10.5 Å². The number of ether oxygens (including phenoxy) is 1. The third-order valence-corrected chi connectivity index (χ3v) is 3.91. The van der Waals surface area contributed by atoms with Crippen molar-refractivity contribution in [1.82, 2.24) is 10.5 Å². The van der Waals surface area contributed by atoms with Crippen molar-refractivity contribution in [3.63, 3.8) is 0 Å². The van der Waals surface area contributed by atoms with Crippen LogP contribution in [0.1, 0.15) is 29.0 Å². The number of methoxy groups -OCH3 is 1. The lowest BCUT2D eigenvalue weighted by Gasteiger charge is -2.13. The topological polar surface area (TPSA) is 64.4 Å². The predicted molar refractivity (Wildman–Crippen MR) is 90.7 cm³/mol. The highest BCUT2D eigenvalue weighted by molar-refractivity contribution is 5.93. The van der Waals surface area contributed by atoms with Crippen molar-refractivity contribution >= 4 is 5.91 Å². The molecule has 1 N–H and O–H groups in total. The van der Waals surface area contributed by atoms with Crippen LogP contribution in [0.15, 0.2) is 53.1 Å². The Balaban J connectivity index is 1.76. The summed E-state index contributed by atoms with van der Waals surface area (Å²) in [5.74, 6) is -1.43. The molecule has 3 rings (SSSR count). The molecule has 1 heterocycles. The largest absolute Gasteiger partial charge is 0.496 e. The first-order valence-electron chi connectivity index (χ1n) is 7.85. The van der Waals surface area contributed by atoms with Gasteiger partial charge in [0.25, 0.3) is 5.91 Å². The lowest BCUT2D eigenvalue weighted by molar-refractivity contribution is 0.0930. The highest BCUT2D eigenvalue weighted by Crippen LogP contribution is 2.30. The standard InChI is InChI=1S/C19H16F2N2O3/c1-11(12-7-8-14(20)15(21)9-12)22-19(24)16-10-18(26-23-16)13-5-3-4-6-17(13)25-2/h3-11H,1-2H3,(H,22,24)/t11-/m0/s1. The highest BCUT2D eigenvalue weighted by Gasteiger charge is 2.18. The van der Waals surface area contributed by atoms with Crippen molar-refractivity contribution in [2.75, 3.05) is 7.11 Å². The van der Waals surface area contributed by atoms with Crippen LogP contribution in [0, 0.1) is 11.6 Å². The van der Waals surface area contributed by atoms with Crippen molar-refractivity contribution < 1.29 is 22.8 Å². The fourth-order valence-electron chi connectivity index (χ4n) is 2.49. The van der Waals surface area contributed by atoms with Gasteiger partial charge < -0.3 is 14.6 Å². The molecule has 2 aromatic carbocycles. The van der Waals surface area contributed by atoms with Gasteiger partial charge >= 0.3 is 0 Å². The first-order valence-corrected chi connectivity index (χ1v) is 7.85.